The monoisotopic (exact) mass is 225 g/mol. The molecule has 1 heterocycles. The molecule has 0 saturated heterocycles. The molecule has 88 valence electrons. The van der Waals surface area contributed by atoms with E-state index in [1.807, 2.05) is 0 Å². The Morgan fingerprint density at radius 2 is 2.31 bits per heavy atom. The van der Waals surface area contributed by atoms with Crippen LogP contribution in [0.5, 0.6) is 0 Å². The summed E-state index contributed by atoms with van der Waals surface area (Å²) in [6.07, 6.45) is 1.38. The van der Waals surface area contributed by atoms with Crippen molar-refractivity contribution in [2.45, 2.75) is 13.0 Å². The SMILES string of the molecule is CC(CO)N(C)c1nccc(C(=O)O)c1N. The van der Waals surface area contributed by atoms with Crippen LogP contribution in [-0.2, 0) is 0 Å². The predicted octanol–water partition coefficient (Wildman–Crippen LogP) is 0.179. The Bertz CT molecular complexity index is 395. The summed E-state index contributed by atoms with van der Waals surface area (Å²) in [6, 6.07) is 1.16. The average molecular weight is 225 g/mol. The molecule has 0 aliphatic rings. The lowest BCUT2D eigenvalue weighted by atomic mass is 10.2. The third-order valence-electron chi connectivity index (χ3n) is 2.46. The summed E-state index contributed by atoms with van der Waals surface area (Å²) < 4.78 is 0. The highest BCUT2D eigenvalue weighted by Crippen LogP contribution is 2.24. The Balaban J connectivity index is 3.15. The maximum Gasteiger partial charge on any atom is 0.337 e. The molecule has 4 N–H and O–H groups in total. The molecule has 16 heavy (non-hydrogen) atoms. The van der Waals surface area contributed by atoms with E-state index in [1.165, 1.54) is 12.3 Å². The molecular formula is C10H15N3O3. The molecule has 1 unspecified atom stereocenters. The Kier molecular flexibility index (Phi) is 3.68. The fourth-order valence-corrected chi connectivity index (χ4v) is 1.26. The number of pyridine rings is 1. The molecule has 0 spiro atoms. The highest BCUT2D eigenvalue weighted by atomic mass is 16.4. The number of carboxylic acid groups (broad SMARTS) is 1. The molecule has 0 fully saturated rings. The Morgan fingerprint density at radius 1 is 1.69 bits per heavy atom. The number of aliphatic hydroxyl groups excluding tert-OH is 1. The smallest absolute Gasteiger partial charge is 0.337 e. The lowest BCUT2D eigenvalue weighted by Crippen LogP contribution is -2.33. The van der Waals surface area contributed by atoms with Crippen molar-refractivity contribution in [3.05, 3.63) is 17.8 Å². The van der Waals surface area contributed by atoms with Gasteiger partial charge in [-0.3, -0.25) is 0 Å². The molecule has 0 aromatic carbocycles. The van der Waals surface area contributed by atoms with Crippen LogP contribution >= 0.6 is 0 Å². The maximum atomic E-state index is 10.9. The van der Waals surface area contributed by atoms with Crippen molar-refractivity contribution in [3.8, 4) is 0 Å². The first-order valence-corrected chi connectivity index (χ1v) is 4.80. The summed E-state index contributed by atoms with van der Waals surface area (Å²) in [5.41, 5.74) is 5.84. The zero-order chi connectivity index (χ0) is 12.3. The van der Waals surface area contributed by atoms with E-state index in [0.717, 1.165) is 0 Å². The van der Waals surface area contributed by atoms with Gasteiger partial charge in [-0.1, -0.05) is 0 Å². The van der Waals surface area contributed by atoms with E-state index in [1.54, 1.807) is 18.9 Å². The zero-order valence-electron chi connectivity index (χ0n) is 9.21. The Hall–Kier alpha value is -1.82. The van der Waals surface area contributed by atoms with Crippen LogP contribution in [0, 0.1) is 0 Å². The number of aromatic carboxylic acids is 1. The number of hydrogen-bond donors (Lipinski definition) is 3. The summed E-state index contributed by atoms with van der Waals surface area (Å²) in [5, 5.41) is 17.9. The van der Waals surface area contributed by atoms with Crippen LogP contribution in [0.15, 0.2) is 12.3 Å². The zero-order valence-corrected chi connectivity index (χ0v) is 9.21. The fraction of sp³-hybridized carbons (Fsp3) is 0.400. The van der Waals surface area contributed by atoms with Gasteiger partial charge < -0.3 is 20.8 Å². The van der Waals surface area contributed by atoms with Gasteiger partial charge in [0.2, 0.25) is 0 Å². The molecule has 0 saturated carbocycles. The minimum Gasteiger partial charge on any atom is -0.478 e. The number of carboxylic acids is 1. The third-order valence-corrected chi connectivity index (χ3v) is 2.46. The summed E-state index contributed by atoms with van der Waals surface area (Å²) in [5.74, 6) is -0.729. The van der Waals surface area contributed by atoms with E-state index in [4.69, 9.17) is 15.9 Å². The summed E-state index contributed by atoms with van der Waals surface area (Å²) in [7, 11) is 1.70. The minimum absolute atomic E-state index is 0.0157. The minimum atomic E-state index is -1.09. The van der Waals surface area contributed by atoms with Gasteiger partial charge in [0.05, 0.1) is 23.9 Å². The van der Waals surface area contributed by atoms with E-state index in [0.29, 0.717) is 5.82 Å². The van der Waals surface area contributed by atoms with Gasteiger partial charge in [0.15, 0.2) is 5.82 Å². The number of nitrogens with zero attached hydrogens (tertiary/aromatic N) is 2. The topological polar surface area (TPSA) is 99.7 Å². The second kappa shape index (κ2) is 4.80. The largest absolute Gasteiger partial charge is 0.478 e. The van der Waals surface area contributed by atoms with E-state index < -0.39 is 5.97 Å². The number of carbonyl (C=O) groups is 1. The first kappa shape index (κ1) is 12.3. The first-order chi connectivity index (χ1) is 7.49. The second-order valence-corrected chi connectivity index (χ2v) is 3.54. The lowest BCUT2D eigenvalue weighted by Gasteiger charge is -2.25. The average Bonchev–Trinajstić information content (AvgIpc) is 2.27. The van der Waals surface area contributed by atoms with Crippen molar-refractivity contribution in [3.63, 3.8) is 0 Å². The van der Waals surface area contributed by atoms with Crippen LogP contribution in [0.3, 0.4) is 0 Å². The van der Waals surface area contributed by atoms with Gasteiger partial charge in [-0.25, -0.2) is 9.78 Å². The number of hydrogen-bond acceptors (Lipinski definition) is 5. The summed E-state index contributed by atoms with van der Waals surface area (Å²) >= 11 is 0. The molecule has 6 nitrogen and oxygen atoms in total. The van der Waals surface area contributed by atoms with Crippen molar-refractivity contribution in [1.29, 1.82) is 0 Å². The van der Waals surface area contributed by atoms with E-state index in [2.05, 4.69) is 4.98 Å². The predicted molar refractivity (Wildman–Crippen MR) is 60.6 cm³/mol. The van der Waals surface area contributed by atoms with Crippen molar-refractivity contribution >= 4 is 17.5 Å². The van der Waals surface area contributed by atoms with E-state index in [9.17, 15) is 4.79 Å². The molecule has 0 radical (unpaired) electrons. The number of aliphatic hydroxyl groups is 1. The van der Waals surface area contributed by atoms with Crippen molar-refractivity contribution in [1.82, 2.24) is 4.98 Å². The van der Waals surface area contributed by atoms with Crippen LogP contribution in [0.4, 0.5) is 11.5 Å². The first-order valence-electron chi connectivity index (χ1n) is 4.80. The Labute approximate surface area is 93.3 Å². The molecule has 0 aliphatic heterocycles. The fourth-order valence-electron chi connectivity index (χ4n) is 1.26. The van der Waals surface area contributed by atoms with Gasteiger partial charge in [-0.15, -0.1) is 0 Å². The van der Waals surface area contributed by atoms with Crippen LogP contribution in [-0.4, -0.2) is 40.9 Å². The normalized spacial score (nSPS) is 12.2. The molecule has 1 atom stereocenters. The third kappa shape index (κ3) is 2.22. The van der Waals surface area contributed by atoms with E-state index >= 15 is 0 Å². The van der Waals surface area contributed by atoms with Crippen molar-refractivity contribution < 1.29 is 15.0 Å². The molecule has 1 aromatic rings. The van der Waals surface area contributed by atoms with Gasteiger partial charge in [0.1, 0.15) is 0 Å². The number of anilines is 2. The van der Waals surface area contributed by atoms with Gasteiger partial charge in [0, 0.05) is 13.2 Å². The number of nitrogen functional groups attached to an aromatic ring is 1. The van der Waals surface area contributed by atoms with Gasteiger partial charge in [-0.2, -0.15) is 0 Å². The van der Waals surface area contributed by atoms with Crippen LogP contribution in [0.1, 0.15) is 17.3 Å². The highest BCUT2D eigenvalue weighted by Gasteiger charge is 2.17. The van der Waals surface area contributed by atoms with E-state index in [-0.39, 0.29) is 23.9 Å². The number of likely N-dealkylation sites (N-methyl/N-ethyl adjacent to an activating group) is 1. The second-order valence-electron chi connectivity index (χ2n) is 3.54. The molecule has 1 rings (SSSR count). The molecule has 0 aliphatic carbocycles. The highest BCUT2D eigenvalue weighted by molar-refractivity contribution is 5.96. The number of aromatic nitrogens is 1. The standard InChI is InChI=1S/C10H15N3O3/c1-6(5-14)13(2)9-8(11)7(10(15)16)3-4-12-9/h3-4,6,14H,5,11H2,1-2H3,(H,15,16). The number of nitrogens with two attached hydrogens (primary N) is 1. The lowest BCUT2D eigenvalue weighted by molar-refractivity contribution is 0.0698. The van der Waals surface area contributed by atoms with Crippen LogP contribution < -0.4 is 10.6 Å². The Morgan fingerprint density at radius 3 is 2.81 bits per heavy atom. The summed E-state index contributed by atoms with van der Waals surface area (Å²) in [6.45, 7) is 1.73. The molecular weight excluding hydrogens is 210 g/mol. The van der Waals surface area contributed by atoms with Crippen LogP contribution in [0.2, 0.25) is 0 Å². The number of rotatable bonds is 4. The van der Waals surface area contributed by atoms with Crippen LogP contribution in [0.25, 0.3) is 0 Å². The molecule has 0 bridgehead atoms. The maximum absolute atomic E-state index is 10.9. The van der Waals surface area contributed by atoms with Gasteiger partial charge in [-0.05, 0) is 13.0 Å². The van der Waals surface area contributed by atoms with Crippen molar-refractivity contribution in [2.24, 2.45) is 0 Å². The van der Waals surface area contributed by atoms with Crippen molar-refractivity contribution in [2.75, 3.05) is 24.3 Å². The quantitative estimate of drug-likeness (QED) is 0.676. The molecule has 1 aromatic heterocycles. The molecule has 6 heteroatoms. The van der Waals surface area contributed by atoms with Gasteiger partial charge in [0.25, 0.3) is 0 Å². The molecule has 0 amide bonds. The summed E-state index contributed by atoms with van der Waals surface area (Å²) in [4.78, 5) is 16.5. The van der Waals surface area contributed by atoms with Gasteiger partial charge >= 0.3 is 5.97 Å².